The first-order valence-electron chi connectivity index (χ1n) is 7.27. The molecule has 0 unspecified atom stereocenters. The highest BCUT2D eigenvalue weighted by atomic mass is 35.5. The lowest BCUT2D eigenvalue weighted by Gasteiger charge is -2.23. The minimum Gasteiger partial charge on any atom is -0.468 e. The van der Waals surface area contributed by atoms with Crippen LogP contribution in [0.4, 0.5) is 11.4 Å². The molecule has 8 nitrogen and oxygen atoms in total. The molecule has 2 rings (SSSR count). The predicted molar refractivity (Wildman–Crippen MR) is 95.8 cm³/mol. The maximum absolute atomic E-state index is 13.0. The molecule has 0 aliphatic heterocycles. The molecule has 0 atom stereocenters. The van der Waals surface area contributed by atoms with Gasteiger partial charge >= 0.3 is 5.97 Å². The summed E-state index contributed by atoms with van der Waals surface area (Å²) in [7, 11) is -3.13. The van der Waals surface area contributed by atoms with Gasteiger partial charge in [0, 0.05) is 17.2 Å². The van der Waals surface area contributed by atoms with Gasteiger partial charge in [0.2, 0.25) is 0 Å². The molecule has 0 N–H and O–H groups in total. The van der Waals surface area contributed by atoms with Crippen molar-refractivity contribution >= 4 is 39.0 Å². The molecule has 0 radical (unpaired) electrons. The first-order chi connectivity index (χ1) is 12.2. The molecule has 0 aromatic heterocycles. The van der Waals surface area contributed by atoms with Crippen LogP contribution in [0.1, 0.15) is 5.56 Å². The molecule has 0 aliphatic rings. The molecule has 0 amide bonds. The van der Waals surface area contributed by atoms with Crippen LogP contribution in [0.2, 0.25) is 5.02 Å². The monoisotopic (exact) mass is 398 g/mol. The zero-order chi connectivity index (χ0) is 19.5. The van der Waals surface area contributed by atoms with E-state index >= 15 is 0 Å². The number of carbonyl (C=O) groups is 1. The molecule has 26 heavy (non-hydrogen) atoms. The third-order valence-corrected chi connectivity index (χ3v) is 5.74. The van der Waals surface area contributed by atoms with Gasteiger partial charge in [0.1, 0.15) is 6.54 Å². The van der Waals surface area contributed by atoms with Crippen molar-refractivity contribution in [2.45, 2.75) is 11.8 Å². The van der Waals surface area contributed by atoms with E-state index in [1.807, 2.05) is 0 Å². The van der Waals surface area contributed by atoms with Gasteiger partial charge in [-0.2, -0.15) is 0 Å². The van der Waals surface area contributed by atoms with Crippen LogP contribution in [0.3, 0.4) is 0 Å². The Bertz CT molecular complexity index is 961. The van der Waals surface area contributed by atoms with Crippen molar-refractivity contribution in [2.75, 3.05) is 18.0 Å². The van der Waals surface area contributed by atoms with Crippen LogP contribution in [0, 0.1) is 17.0 Å². The van der Waals surface area contributed by atoms with Crippen LogP contribution in [0.15, 0.2) is 47.4 Å². The van der Waals surface area contributed by atoms with E-state index in [9.17, 15) is 23.3 Å². The number of sulfonamides is 1. The lowest BCUT2D eigenvalue weighted by Crippen LogP contribution is -2.36. The fraction of sp³-hybridized carbons (Fsp3) is 0.188. The number of halogens is 1. The summed E-state index contributed by atoms with van der Waals surface area (Å²) in [5.74, 6) is -0.786. The Kier molecular flexibility index (Phi) is 5.83. The number of methoxy groups -OCH3 is 1. The number of anilines is 1. The highest BCUT2D eigenvalue weighted by Crippen LogP contribution is 2.28. The standard InChI is InChI=1S/C16H15ClN2O6S/c1-11-8-12(6-7-15(11)17)18(10-16(20)25-2)26(23,24)14-5-3-4-13(9-14)19(21)22/h3-9H,10H2,1-2H3. The summed E-state index contributed by atoms with van der Waals surface area (Å²) in [6.07, 6.45) is 0. The third kappa shape index (κ3) is 4.12. The Morgan fingerprint density at radius 3 is 2.54 bits per heavy atom. The number of rotatable bonds is 6. The molecule has 0 aliphatic carbocycles. The van der Waals surface area contributed by atoms with Gasteiger partial charge in [-0.05, 0) is 36.8 Å². The van der Waals surface area contributed by atoms with Gasteiger partial charge in [0.25, 0.3) is 15.7 Å². The molecule has 0 heterocycles. The maximum Gasteiger partial charge on any atom is 0.326 e. The fourth-order valence-electron chi connectivity index (χ4n) is 2.17. The van der Waals surface area contributed by atoms with E-state index in [0.717, 1.165) is 17.5 Å². The topological polar surface area (TPSA) is 107 Å². The average Bonchev–Trinajstić information content (AvgIpc) is 2.61. The highest BCUT2D eigenvalue weighted by Gasteiger charge is 2.29. The molecule has 0 bridgehead atoms. The van der Waals surface area contributed by atoms with E-state index in [1.54, 1.807) is 6.92 Å². The molecule has 0 fully saturated rings. The van der Waals surface area contributed by atoms with Crippen LogP contribution >= 0.6 is 11.6 Å². The summed E-state index contributed by atoms with van der Waals surface area (Å²) in [6.45, 7) is 1.09. The van der Waals surface area contributed by atoms with E-state index in [4.69, 9.17) is 11.6 Å². The van der Waals surface area contributed by atoms with Crippen molar-refractivity contribution in [1.82, 2.24) is 0 Å². The summed E-state index contributed by atoms with van der Waals surface area (Å²) in [5, 5.41) is 11.4. The Balaban J connectivity index is 2.59. The number of benzene rings is 2. The van der Waals surface area contributed by atoms with Crippen molar-refractivity contribution in [1.29, 1.82) is 0 Å². The number of esters is 1. The second-order valence-corrected chi connectivity index (χ2v) is 7.55. The van der Waals surface area contributed by atoms with Crippen LogP contribution in [-0.4, -0.2) is 33.0 Å². The number of non-ortho nitro benzene ring substituents is 1. The third-order valence-electron chi connectivity index (χ3n) is 3.55. The number of aryl methyl sites for hydroxylation is 1. The van der Waals surface area contributed by atoms with Crippen LogP contribution in [-0.2, 0) is 19.6 Å². The number of carbonyl (C=O) groups excluding carboxylic acids is 1. The first-order valence-corrected chi connectivity index (χ1v) is 9.09. The molecule has 138 valence electrons. The van der Waals surface area contributed by atoms with E-state index in [-0.39, 0.29) is 16.3 Å². The van der Waals surface area contributed by atoms with E-state index < -0.39 is 27.5 Å². The average molecular weight is 399 g/mol. The largest absolute Gasteiger partial charge is 0.468 e. The zero-order valence-corrected chi connectivity index (χ0v) is 15.5. The molecule has 0 saturated heterocycles. The zero-order valence-electron chi connectivity index (χ0n) is 13.9. The van der Waals surface area contributed by atoms with Gasteiger partial charge < -0.3 is 4.74 Å². The molecule has 0 spiro atoms. The molecule has 10 heteroatoms. The number of ether oxygens (including phenoxy) is 1. The number of hydrogen-bond acceptors (Lipinski definition) is 6. The van der Waals surface area contributed by atoms with Crippen molar-refractivity contribution in [2.24, 2.45) is 0 Å². The quantitative estimate of drug-likeness (QED) is 0.420. The second kappa shape index (κ2) is 7.71. The van der Waals surface area contributed by atoms with E-state index in [0.29, 0.717) is 10.6 Å². The fourth-order valence-corrected chi connectivity index (χ4v) is 3.72. The normalized spacial score (nSPS) is 11.0. The highest BCUT2D eigenvalue weighted by molar-refractivity contribution is 7.92. The molecule has 2 aromatic rings. The lowest BCUT2D eigenvalue weighted by atomic mass is 10.2. The van der Waals surface area contributed by atoms with Crippen LogP contribution in [0.5, 0.6) is 0 Å². The SMILES string of the molecule is COC(=O)CN(c1ccc(Cl)c(C)c1)S(=O)(=O)c1cccc([N+](=O)[O-])c1. The summed E-state index contributed by atoms with van der Waals surface area (Å²) in [5.41, 5.74) is 0.411. The Morgan fingerprint density at radius 2 is 1.96 bits per heavy atom. The summed E-state index contributed by atoms with van der Waals surface area (Å²) >= 11 is 5.97. The molecular weight excluding hydrogens is 384 g/mol. The molecular formula is C16H15ClN2O6S. The van der Waals surface area contributed by atoms with Crippen molar-refractivity contribution < 1.29 is 22.9 Å². The minimum atomic E-state index is -4.26. The van der Waals surface area contributed by atoms with Gasteiger partial charge in [0.15, 0.2) is 0 Å². The smallest absolute Gasteiger partial charge is 0.326 e. The Hall–Kier alpha value is -2.65. The van der Waals surface area contributed by atoms with Crippen LogP contribution < -0.4 is 4.31 Å². The van der Waals surface area contributed by atoms with Crippen molar-refractivity contribution in [3.05, 3.63) is 63.2 Å². The van der Waals surface area contributed by atoms with Gasteiger partial charge in [-0.3, -0.25) is 19.2 Å². The van der Waals surface area contributed by atoms with Crippen LogP contribution in [0.25, 0.3) is 0 Å². The number of nitrogens with zero attached hydrogens (tertiary/aromatic N) is 2. The summed E-state index contributed by atoms with van der Waals surface area (Å²) in [6, 6.07) is 9.02. The van der Waals surface area contributed by atoms with Crippen molar-refractivity contribution in [3.8, 4) is 0 Å². The number of nitro benzene ring substituents is 1. The summed E-state index contributed by atoms with van der Waals surface area (Å²) in [4.78, 5) is 21.7. The van der Waals surface area contributed by atoms with Gasteiger partial charge in [-0.1, -0.05) is 17.7 Å². The number of hydrogen-bond donors (Lipinski definition) is 0. The van der Waals surface area contributed by atoms with Crippen molar-refractivity contribution in [3.63, 3.8) is 0 Å². The maximum atomic E-state index is 13.0. The molecule has 0 saturated carbocycles. The first kappa shape index (κ1) is 19.7. The van der Waals surface area contributed by atoms with E-state index in [2.05, 4.69) is 4.74 Å². The Labute approximate surface area is 155 Å². The lowest BCUT2D eigenvalue weighted by molar-refractivity contribution is -0.385. The van der Waals surface area contributed by atoms with Gasteiger partial charge in [-0.15, -0.1) is 0 Å². The van der Waals surface area contributed by atoms with Gasteiger partial charge in [0.05, 0.1) is 22.6 Å². The minimum absolute atomic E-state index is 0.184. The van der Waals surface area contributed by atoms with Gasteiger partial charge in [-0.25, -0.2) is 8.42 Å². The summed E-state index contributed by atoms with van der Waals surface area (Å²) < 4.78 is 31.4. The van der Waals surface area contributed by atoms with E-state index in [1.165, 1.54) is 36.4 Å². The molecule has 2 aromatic carbocycles. The number of nitro groups is 1. The second-order valence-electron chi connectivity index (χ2n) is 5.28. The Morgan fingerprint density at radius 1 is 1.27 bits per heavy atom. The predicted octanol–water partition coefficient (Wildman–Crippen LogP) is 2.92.